The highest BCUT2D eigenvalue weighted by molar-refractivity contribution is 8.00. The third-order valence-corrected chi connectivity index (χ3v) is 6.98. The number of amides is 1. The smallest absolute Gasteiger partial charge is 0.235 e. The highest BCUT2D eigenvalue weighted by Gasteiger charge is 2.36. The van der Waals surface area contributed by atoms with Gasteiger partial charge in [0.2, 0.25) is 5.91 Å². The Bertz CT molecular complexity index is 907. The molecule has 0 aliphatic carbocycles. The molecule has 0 bridgehead atoms. The molecule has 4 rings (SSSR count). The molecule has 0 radical (unpaired) electrons. The van der Waals surface area contributed by atoms with Crippen molar-refractivity contribution in [2.24, 2.45) is 0 Å². The van der Waals surface area contributed by atoms with Gasteiger partial charge in [0.05, 0.1) is 34.9 Å². The molecule has 2 aliphatic rings. The number of benzene rings is 1. The first kappa shape index (κ1) is 21.2. The number of aryl methyl sites for hydroxylation is 1. The molecule has 2 aromatic rings. The van der Waals surface area contributed by atoms with Crippen molar-refractivity contribution in [3.05, 3.63) is 41.1 Å². The zero-order valence-electron chi connectivity index (χ0n) is 18.2. The van der Waals surface area contributed by atoms with E-state index in [-0.39, 0.29) is 22.8 Å². The summed E-state index contributed by atoms with van der Waals surface area (Å²) in [5.41, 5.74) is 3.06. The number of carbonyl (C=O) groups excluding carboxylic acids is 1. The maximum atomic E-state index is 12.5. The number of ether oxygens (including phenoxy) is 2. The molecule has 2 atom stereocenters. The molecule has 7 heteroatoms. The largest absolute Gasteiger partial charge is 0.494 e. The Hall–Kier alpha value is -1.99. The lowest BCUT2D eigenvalue weighted by molar-refractivity contribution is -0.113. The van der Waals surface area contributed by atoms with Crippen molar-refractivity contribution >= 4 is 23.5 Å². The van der Waals surface area contributed by atoms with E-state index in [0.717, 1.165) is 47.7 Å². The van der Waals surface area contributed by atoms with Crippen LogP contribution in [0.3, 0.4) is 0 Å². The van der Waals surface area contributed by atoms with Gasteiger partial charge >= 0.3 is 0 Å². The molecule has 1 fully saturated rings. The highest BCUT2D eigenvalue weighted by Crippen LogP contribution is 2.45. The Morgan fingerprint density at radius 1 is 1.33 bits per heavy atom. The Morgan fingerprint density at radius 2 is 2.10 bits per heavy atom. The molecule has 0 spiro atoms. The first-order chi connectivity index (χ1) is 14.4. The number of rotatable bonds is 5. The summed E-state index contributed by atoms with van der Waals surface area (Å²) in [6.45, 7) is 9.80. The lowest BCUT2D eigenvalue weighted by Gasteiger charge is -2.36. The number of nitrogens with zero attached hydrogens (tertiary/aromatic N) is 2. The third kappa shape index (κ3) is 4.37. The Kier molecular flexibility index (Phi) is 6.11. The fourth-order valence-electron chi connectivity index (χ4n) is 4.30. The second kappa shape index (κ2) is 8.63. The summed E-state index contributed by atoms with van der Waals surface area (Å²) < 4.78 is 13.7. The summed E-state index contributed by atoms with van der Waals surface area (Å²) in [6.07, 6.45) is 2.75. The van der Waals surface area contributed by atoms with Gasteiger partial charge in [0.1, 0.15) is 11.6 Å². The maximum absolute atomic E-state index is 12.5. The van der Waals surface area contributed by atoms with Crippen molar-refractivity contribution in [1.82, 2.24) is 9.78 Å². The van der Waals surface area contributed by atoms with Gasteiger partial charge in [0, 0.05) is 12.2 Å². The van der Waals surface area contributed by atoms with Crippen LogP contribution in [-0.4, -0.2) is 40.3 Å². The number of nitrogens with one attached hydrogen (secondary N) is 1. The van der Waals surface area contributed by atoms with Crippen molar-refractivity contribution < 1.29 is 14.3 Å². The van der Waals surface area contributed by atoms with E-state index in [0.29, 0.717) is 19.0 Å². The number of fused-ring (bicyclic) bond motifs is 1. The molecule has 162 valence electrons. The van der Waals surface area contributed by atoms with Gasteiger partial charge in [-0.1, -0.05) is 19.1 Å². The van der Waals surface area contributed by atoms with Crippen LogP contribution < -0.4 is 10.1 Å². The number of aromatic nitrogens is 2. The third-order valence-electron chi connectivity index (χ3n) is 5.71. The molecular weight excluding hydrogens is 398 g/mol. The van der Waals surface area contributed by atoms with E-state index >= 15 is 0 Å². The second-order valence-corrected chi connectivity index (χ2v) is 9.80. The molecule has 1 aromatic heterocycles. The number of hydrogen-bond acceptors (Lipinski definition) is 5. The van der Waals surface area contributed by atoms with Crippen LogP contribution in [0.15, 0.2) is 24.3 Å². The summed E-state index contributed by atoms with van der Waals surface area (Å²) in [5, 5.41) is 8.11. The molecule has 1 saturated heterocycles. The number of thioether (sulfide) groups is 1. The standard InChI is InChI=1S/C23H31N3O3S/c1-5-11-28-18-8-6-16(7-9-18)21-20-15(2)25-26(22(20)24-19(27)14-30-21)17-10-12-29-23(3,4)13-17/h6-9,17,21H,5,10-14H2,1-4H3,(H,24,27). The lowest BCUT2D eigenvalue weighted by Crippen LogP contribution is -2.36. The molecule has 2 unspecified atom stereocenters. The summed E-state index contributed by atoms with van der Waals surface area (Å²) in [6, 6.07) is 8.47. The minimum absolute atomic E-state index is 0.0270. The van der Waals surface area contributed by atoms with Gasteiger partial charge in [-0.25, -0.2) is 4.68 Å². The molecular formula is C23H31N3O3S. The number of carbonyl (C=O) groups is 1. The maximum Gasteiger partial charge on any atom is 0.235 e. The topological polar surface area (TPSA) is 65.4 Å². The minimum Gasteiger partial charge on any atom is -0.494 e. The average molecular weight is 430 g/mol. The summed E-state index contributed by atoms with van der Waals surface area (Å²) >= 11 is 1.65. The van der Waals surface area contributed by atoms with Gasteiger partial charge in [-0.05, 0) is 57.7 Å². The van der Waals surface area contributed by atoms with Crippen molar-refractivity contribution in [2.75, 3.05) is 24.3 Å². The van der Waals surface area contributed by atoms with Gasteiger partial charge in [0.15, 0.2) is 0 Å². The van der Waals surface area contributed by atoms with Crippen LogP contribution in [0, 0.1) is 6.92 Å². The summed E-state index contributed by atoms with van der Waals surface area (Å²) in [5.74, 6) is 2.18. The lowest BCUT2D eigenvalue weighted by atomic mass is 9.94. The predicted octanol–water partition coefficient (Wildman–Crippen LogP) is 4.89. The number of anilines is 1. The Labute approximate surface area is 182 Å². The molecule has 3 heterocycles. The van der Waals surface area contributed by atoms with Crippen molar-refractivity contribution in [1.29, 1.82) is 0 Å². The van der Waals surface area contributed by atoms with Crippen LogP contribution in [0.5, 0.6) is 5.75 Å². The van der Waals surface area contributed by atoms with Crippen LogP contribution in [0.1, 0.15) is 68.1 Å². The first-order valence-electron chi connectivity index (χ1n) is 10.7. The quantitative estimate of drug-likeness (QED) is 0.733. The van der Waals surface area contributed by atoms with Crippen LogP contribution in [0.4, 0.5) is 5.82 Å². The van der Waals surface area contributed by atoms with Crippen molar-refractivity contribution in [2.45, 2.75) is 63.9 Å². The van der Waals surface area contributed by atoms with Crippen LogP contribution in [0.25, 0.3) is 0 Å². The fourth-order valence-corrected chi connectivity index (χ4v) is 5.49. The average Bonchev–Trinajstić information content (AvgIpc) is 2.91. The normalized spacial score (nSPS) is 23.4. The molecule has 6 nitrogen and oxygen atoms in total. The van der Waals surface area contributed by atoms with Gasteiger partial charge < -0.3 is 14.8 Å². The van der Waals surface area contributed by atoms with E-state index in [4.69, 9.17) is 14.6 Å². The fraction of sp³-hybridized carbons (Fsp3) is 0.565. The van der Waals surface area contributed by atoms with Crippen LogP contribution in [-0.2, 0) is 9.53 Å². The van der Waals surface area contributed by atoms with Gasteiger partial charge in [0.25, 0.3) is 0 Å². The minimum atomic E-state index is -0.188. The van der Waals surface area contributed by atoms with Crippen LogP contribution >= 0.6 is 11.8 Å². The van der Waals surface area contributed by atoms with E-state index in [1.54, 1.807) is 11.8 Å². The SMILES string of the molecule is CCCOc1ccc(C2SCC(=O)Nc3c2c(C)nn3C2CCOC(C)(C)C2)cc1. The predicted molar refractivity (Wildman–Crippen MR) is 120 cm³/mol. The zero-order valence-corrected chi connectivity index (χ0v) is 19.1. The van der Waals surface area contributed by atoms with E-state index in [1.165, 1.54) is 0 Å². The van der Waals surface area contributed by atoms with Gasteiger partial charge in [-0.3, -0.25) is 4.79 Å². The first-order valence-corrected chi connectivity index (χ1v) is 11.8. The van der Waals surface area contributed by atoms with E-state index < -0.39 is 0 Å². The van der Waals surface area contributed by atoms with Gasteiger partial charge in [-0.15, -0.1) is 11.8 Å². The van der Waals surface area contributed by atoms with E-state index in [2.05, 4.69) is 38.2 Å². The van der Waals surface area contributed by atoms with E-state index in [9.17, 15) is 4.79 Å². The molecule has 30 heavy (non-hydrogen) atoms. The van der Waals surface area contributed by atoms with Crippen molar-refractivity contribution in [3.63, 3.8) is 0 Å². The van der Waals surface area contributed by atoms with Crippen molar-refractivity contribution in [3.8, 4) is 5.75 Å². The molecule has 2 aliphatic heterocycles. The molecule has 0 saturated carbocycles. The van der Waals surface area contributed by atoms with E-state index in [1.807, 2.05) is 23.7 Å². The Morgan fingerprint density at radius 3 is 2.80 bits per heavy atom. The monoisotopic (exact) mass is 429 g/mol. The number of hydrogen-bond donors (Lipinski definition) is 1. The summed E-state index contributed by atoms with van der Waals surface area (Å²) in [4.78, 5) is 12.5. The molecule has 1 amide bonds. The Balaban J connectivity index is 1.69. The van der Waals surface area contributed by atoms with Crippen LogP contribution in [0.2, 0.25) is 0 Å². The van der Waals surface area contributed by atoms with Gasteiger partial charge in [-0.2, -0.15) is 5.10 Å². The molecule has 1 N–H and O–H groups in total. The molecule has 1 aromatic carbocycles. The second-order valence-electron chi connectivity index (χ2n) is 8.70. The zero-order chi connectivity index (χ0) is 21.3. The highest BCUT2D eigenvalue weighted by atomic mass is 32.2. The summed E-state index contributed by atoms with van der Waals surface area (Å²) in [7, 11) is 0.